The number of aromatic nitrogens is 2. The van der Waals surface area contributed by atoms with Gasteiger partial charge in [-0.05, 0) is 48.0 Å². The Hall–Kier alpha value is -3.93. The molecule has 1 aliphatic heterocycles. The van der Waals surface area contributed by atoms with Gasteiger partial charge in [-0.15, -0.1) is 0 Å². The van der Waals surface area contributed by atoms with Crippen LogP contribution in [0.2, 0.25) is 0 Å². The molecule has 6 heteroatoms. The molecule has 0 saturated heterocycles. The van der Waals surface area contributed by atoms with Gasteiger partial charge in [-0.3, -0.25) is 4.79 Å². The number of rotatable bonds is 5. The number of carbonyl (C=O) groups is 1. The standard InChI is InChI=1S/C25H20FN3O2/c26-20-12-10-17(11-13-20)24-19(16-29(28-24)21-7-2-1-3-8-21)15-27-25(30)23-14-18-6-4-5-9-22(18)31-23/h1-13,16,23H,14-15H2,(H,27,30)/t23-/m1/s1. The molecular weight excluding hydrogens is 393 g/mol. The third kappa shape index (κ3) is 3.92. The number of carbonyl (C=O) groups excluding carboxylic acids is 1. The number of para-hydroxylation sites is 2. The Bertz CT molecular complexity index is 1190. The first-order valence-electron chi connectivity index (χ1n) is 10.1. The van der Waals surface area contributed by atoms with Crippen molar-refractivity contribution in [1.82, 2.24) is 15.1 Å². The van der Waals surface area contributed by atoms with Crippen molar-refractivity contribution in [2.75, 3.05) is 0 Å². The van der Waals surface area contributed by atoms with E-state index >= 15 is 0 Å². The third-order valence-corrected chi connectivity index (χ3v) is 5.32. The summed E-state index contributed by atoms with van der Waals surface area (Å²) >= 11 is 0. The maximum Gasteiger partial charge on any atom is 0.261 e. The third-order valence-electron chi connectivity index (χ3n) is 5.32. The molecule has 0 radical (unpaired) electrons. The number of nitrogens with one attached hydrogen (secondary N) is 1. The van der Waals surface area contributed by atoms with Gasteiger partial charge in [0, 0.05) is 30.3 Å². The van der Waals surface area contributed by atoms with Crippen LogP contribution < -0.4 is 10.1 Å². The Balaban J connectivity index is 1.38. The van der Waals surface area contributed by atoms with Gasteiger partial charge in [-0.2, -0.15) is 5.10 Å². The van der Waals surface area contributed by atoms with Crippen molar-refractivity contribution in [3.8, 4) is 22.7 Å². The van der Waals surface area contributed by atoms with Gasteiger partial charge in [0.05, 0.1) is 11.4 Å². The van der Waals surface area contributed by atoms with Crippen LogP contribution in [0.4, 0.5) is 4.39 Å². The number of amides is 1. The average molecular weight is 413 g/mol. The molecule has 1 N–H and O–H groups in total. The number of ether oxygens (including phenoxy) is 1. The summed E-state index contributed by atoms with van der Waals surface area (Å²) in [6.07, 6.45) is 1.89. The zero-order valence-corrected chi connectivity index (χ0v) is 16.7. The SMILES string of the molecule is O=C(NCc1cn(-c2ccccc2)nc1-c1ccc(F)cc1)[C@H]1Cc2ccccc2O1. The highest BCUT2D eigenvalue weighted by Gasteiger charge is 2.28. The van der Waals surface area contributed by atoms with Crippen LogP contribution in [0.15, 0.2) is 85.1 Å². The summed E-state index contributed by atoms with van der Waals surface area (Å²) in [6.45, 7) is 0.286. The van der Waals surface area contributed by atoms with Gasteiger partial charge < -0.3 is 10.1 Å². The summed E-state index contributed by atoms with van der Waals surface area (Å²) in [6, 6.07) is 23.6. The second-order valence-electron chi connectivity index (χ2n) is 7.43. The van der Waals surface area contributed by atoms with E-state index in [9.17, 15) is 9.18 Å². The number of fused-ring (bicyclic) bond motifs is 1. The van der Waals surface area contributed by atoms with Gasteiger partial charge in [0.15, 0.2) is 6.10 Å². The lowest BCUT2D eigenvalue weighted by atomic mass is 10.1. The quantitative estimate of drug-likeness (QED) is 0.531. The van der Waals surface area contributed by atoms with E-state index in [1.54, 1.807) is 16.8 Å². The Morgan fingerprint density at radius 1 is 1.03 bits per heavy atom. The molecule has 3 aromatic carbocycles. The van der Waals surface area contributed by atoms with Crippen LogP contribution in [0.1, 0.15) is 11.1 Å². The van der Waals surface area contributed by atoms with Crippen LogP contribution in [0, 0.1) is 5.82 Å². The average Bonchev–Trinajstić information content (AvgIpc) is 3.43. The number of hydrogen-bond donors (Lipinski definition) is 1. The molecule has 0 saturated carbocycles. The smallest absolute Gasteiger partial charge is 0.261 e. The second-order valence-corrected chi connectivity index (χ2v) is 7.43. The van der Waals surface area contributed by atoms with Crippen LogP contribution in [-0.4, -0.2) is 21.8 Å². The van der Waals surface area contributed by atoms with Crippen molar-refractivity contribution in [3.63, 3.8) is 0 Å². The van der Waals surface area contributed by atoms with Crippen molar-refractivity contribution in [1.29, 1.82) is 0 Å². The van der Waals surface area contributed by atoms with E-state index in [0.29, 0.717) is 12.1 Å². The molecular formula is C25H20FN3O2. The van der Waals surface area contributed by atoms with Crippen LogP contribution in [0.5, 0.6) is 5.75 Å². The Kier molecular flexibility index (Phi) is 4.96. The minimum atomic E-state index is -0.546. The normalized spacial score (nSPS) is 14.7. The number of nitrogens with zero attached hydrogens (tertiary/aromatic N) is 2. The molecule has 0 bridgehead atoms. The van der Waals surface area contributed by atoms with Crippen molar-refractivity contribution >= 4 is 5.91 Å². The Labute approximate surface area is 179 Å². The maximum absolute atomic E-state index is 13.4. The summed E-state index contributed by atoms with van der Waals surface area (Å²) in [4.78, 5) is 12.7. The Morgan fingerprint density at radius 2 is 1.77 bits per heavy atom. The maximum atomic E-state index is 13.4. The second kappa shape index (κ2) is 8.07. The molecule has 31 heavy (non-hydrogen) atoms. The van der Waals surface area contributed by atoms with Crippen molar-refractivity contribution in [2.45, 2.75) is 19.1 Å². The molecule has 0 unspecified atom stereocenters. The van der Waals surface area contributed by atoms with E-state index in [-0.39, 0.29) is 18.3 Å². The summed E-state index contributed by atoms with van der Waals surface area (Å²) in [5.74, 6) is 0.277. The number of benzene rings is 3. The highest BCUT2D eigenvalue weighted by molar-refractivity contribution is 5.82. The molecule has 1 aliphatic rings. The molecule has 1 amide bonds. The molecule has 1 aromatic heterocycles. The lowest BCUT2D eigenvalue weighted by Gasteiger charge is -2.11. The molecule has 2 heterocycles. The van der Waals surface area contributed by atoms with E-state index in [1.807, 2.05) is 60.8 Å². The summed E-state index contributed by atoms with van der Waals surface area (Å²) in [7, 11) is 0. The number of halogens is 1. The van der Waals surface area contributed by atoms with Gasteiger partial charge in [-0.1, -0.05) is 36.4 Å². The van der Waals surface area contributed by atoms with E-state index < -0.39 is 6.10 Å². The van der Waals surface area contributed by atoms with E-state index in [4.69, 9.17) is 9.84 Å². The lowest BCUT2D eigenvalue weighted by molar-refractivity contribution is -0.127. The zero-order chi connectivity index (χ0) is 21.2. The number of hydrogen-bond acceptors (Lipinski definition) is 3. The van der Waals surface area contributed by atoms with Crippen LogP contribution in [0.25, 0.3) is 16.9 Å². The summed E-state index contributed by atoms with van der Waals surface area (Å²) < 4.78 is 21.0. The van der Waals surface area contributed by atoms with Crippen molar-refractivity contribution in [2.24, 2.45) is 0 Å². The molecule has 5 nitrogen and oxygen atoms in total. The first-order valence-corrected chi connectivity index (χ1v) is 10.1. The predicted molar refractivity (Wildman–Crippen MR) is 115 cm³/mol. The fraction of sp³-hybridized carbons (Fsp3) is 0.120. The van der Waals surface area contributed by atoms with Crippen molar-refractivity contribution in [3.05, 3.63) is 102 Å². The first-order chi connectivity index (χ1) is 15.2. The monoisotopic (exact) mass is 413 g/mol. The topological polar surface area (TPSA) is 56.2 Å². The molecule has 5 rings (SSSR count). The van der Waals surface area contributed by atoms with E-state index in [0.717, 1.165) is 28.1 Å². The van der Waals surface area contributed by atoms with Gasteiger partial charge in [0.2, 0.25) is 0 Å². The largest absolute Gasteiger partial charge is 0.480 e. The lowest BCUT2D eigenvalue weighted by Crippen LogP contribution is -2.37. The molecule has 0 aliphatic carbocycles. The van der Waals surface area contributed by atoms with Gasteiger partial charge in [0.1, 0.15) is 11.6 Å². The highest BCUT2D eigenvalue weighted by atomic mass is 19.1. The van der Waals surface area contributed by atoms with E-state index in [1.165, 1.54) is 12.1 Å². The fourth-order valence-electron chi connectivity index (χ4n) is 3.73. The summed E-state index contributed by atoms with van der Waals surface area (Å²) in [5, 5.41) is 7.67. The predicted octanol–water partition coefficient (Wildman–Crippen LogP) is 4.30. The van der Waals surface area contributed by atoms with Crippen molar-refractivity contribution < 1.29 is 13.9 Å². The minimum absolute atomic E-state index is 0.172. The van der Waals surface area contributed by atoms with Crippen LogP contribution >= 0.6 is 0 Å². The van der Waals surface area contributed by atoms with Gasteiger partial charge in [0.25, 0.3) is 5.91 Å². The minimum Gasteiger partial charge on any atom is -0.480 e. The van der Waals surface area contributed by atoms with Gasteiger partial charge >= 0.3 is 0 Å². The van der Waals surface area contributed by atoms with Crippen LogP contribution in [-0.2, 0) is 17.8 Å². The highest BCUT2D eigenvalue weighted by Crippen LogP contribution is 2.28. The zero-order valence-electron chi connectivity index (χ0n) is 16.7. The molecule has 154 valence electrons. The first kappa shape index (κ1) is 19.1. The molecule has 4 aromatic rings. The van der Waals surface area contributed by atoms with E-state index in [2.05, 4.69) is 5.32 Å². The molecule has 0 fully saturated rings. The van der Waals surface area contributed by atoms with Crippen LogP contribution in [0.3, 0.4) is 0 Å². The molecule has 1 atom stereocenters. The Morgan fingerprint density at radius 3 is 2.55 bits per heavy atom. The molecule has 0 spiro atoms. The van der Waals surface area contributed by atoms with Gasteiger partial charge in [-0.25, -0.2) is 9.07 Å². The fourth-order valence-corrected chi connectivity index (χ4v) is 3.73. The summed E-state index contributed by atoms with van der Waals surface area (Å²) in [5.41, 5.74) is 4.24.